The molecular formula is C11H24BrNO. The average molecular weight is 266 g/mol. The van der Waals surface area contributed by atoms with Crippen LogP contribution >= 0.6 is 15.9 Å². The molecule has 0 radical (unpaired) electrons. The van der Waals surface area contributed by atoms with Gasteiger partial charge in [-0.05, 0) is 19.3 Å². The maximum atomic E-state index is 5.47. The fourth-order valence-electron chi connectivity index (χ4n) is 1.27. The number of rotatable bonds is 10. The molecule has 2 nitrogen and oxygen atoms in total. The van der Waals surface area contributed by atoms with Gasteiger partial charge < -0.3 is 10.1 Å². The van der Waals surface area contributed by atoms with Crippen LogP contribution < -0.4 is 5.32 Å². The van der Waals surface area contributed by atoms with Crippen molar-refractivity contribution in [2.75, 3.05) is 25.1 Å². The Balaban J connectivity index is 3.15. The van der Waals surface area contributed by atoms with Crippen LogP contribution in [0.15, 0.2) is 0 Å². The van der Waals surface area contributed by atoms with Gasteiger partial charge in [0.15, 0.2) is 0 Å². The van der Waals surface area contributed by atoms with Crippen molar-refractivity contribution in [2.24, 2.45) is 0 Å². The summed E-state index contributed by atoms with van der Waals surface area (Å²) in [7, 11) is 0. The molecule has 0 fully saturated rings. The minimum absolute atomic E-state index is 0.643. The van der Waals surface area contributed by atoms with E-state index in [2.05, 4.69) is 35.1 Å². The number of hydrogen-bond donors (Lipinski definition) is 1. The van der Waals surface area contributed by atoms with E-state index < -0.39 is 0 Å². The van der Waals surface area contributed by atoms with Crippen LogP contribution in [0.25, 0.3) is 0 Å². The van der Waals surface area contributed by atoms with Crippen LogP contribution in [-0.2, 0) is 4.74 Å². The summed E-state index contributed by atoms with van der Waals surface area (Å²) in [5.41, 5.74) is 0. The second-order valence-electron chi connectivity index (χ2n) is 3.50. The van der Waals surface area contributed by atoms with E-state index in [0.29, 0.717) is 6.04 Å². The molecule has 0 spiro atoms. The monoisotopic (exact) mass is 265 g/mol. The van der Waals surface area contributed by atoms with Crippen molar-refractivity contribution in [1.29, 1.82) is 0 Å². The SMILES string of the molecule is CCCCOCCNC(CC)CCBr. The quantitative estimate of drug-likeness (QED) is 0.485. The molecule has 86 valence electrons. The lowest BCUT2D eigenvalue weighted by atomic mass is 10.2. The zero-order valence-corrected chi connectivity index (χ0v) is 11.1. The smallest absolute Gasteiger partial charge is 0.0590 e. The normalized spacial score (nSPS) is 13.1. The van der Waals surface area contributed by atoms with Gasteiger partial charge >= 0.3 is 0 Å². The molecule has 0 aliphatic heterocycles. The van der Waals surface area contributed by atoms with E-state index in [9.17, 15) is 0 Å². The molecular weight excluding hydrogens is 242 g/mol. The van der Waals surface area contributed by atoms with Crippen LogP contribution in [0.1, 0.15) is 39.5 Å². The van der Waals surface area contributed by atoms with E-state index in [1.54, 1.807) is 0 Å². The van der Waals surface area contributed by atoms with E-state index >= 15 is 0 Å². The summed E-state index contributed by atoms with van der Waals surface area (Å²) in [6.45, 7) is 7.14. The van der Waals surface area contributed by atoms with E-state index in [1.165, 1.54) is 25.7 Å². The lowest BCUT2D eigenvalue weighted by Crippen LogP contribution is -2.31. The Kier molecular flexibility index (Phi) is 11.8. The number of nitrogens with one attached hydrogen (secondary N) is 1. The number of unbranched alkanes of at least 4 members (excludes halogenated alkanes) is 1. The summed E-state index contributed by atoms with van der Waals surface area (Å²) in [6, 6.07) is 0.643. The Labute approximate surface area is 96.9 Å². The molecule has 0 saturated heterocycles. The van der Waals surface area contributed by atoms with E-state index in [-0.39, 0.29) is 0 Å². The standard InChI is InChI=1S/C11H24BrNO/c1-3-5-9-14-10-8-13-11(4-2)6-7-12/h11,13H,3-10H2,1-2H3. The first-order valence-electron chi connectivity index (χ1n) is 5.72. The molecule has 0 heterocycles. The van der Waals surface area contributed by atoms with Crippen LogP contribution in [0.4, 0.5) is 0 Å². The molecule has 1 atom stereocenters. The first kappa shape index (κ1) is 14.4. The summed E-state index contributed by atoms with van der Waals surface area (Å²) in [6.07, 6.45) is 4.79. The maximum Gasteiger partial charge on any atom is 0.0590 e. The lowest BCUT2D eigenvalue weighted by Gasteiger charge is -2.15. The average Bonchev–Trinajstić information content (AvgIpc) is 2.21. The Morgan fingerprint density at radius 2 is 2.07 bits per heavy atom. The maximum absolute atomic E-state index is 5.47. The third-order valence-corrected chi connectivity index (χ3v) is 2.73. The Bertz CT molecular complexity index is 111. The highest BCUT2D eigenvalue weighted by Gasteiger charge is 2.02. The molecule has 1 N–H and O–H groups in total. The van der Waals surface area contributed by atoms with Gasteiger partial charge in [-0.1, -0.05) is 36.2 Å². The van der Waals surface area contributed by atoms with Gasteiger partial charge in [0.1, 0.15) is 0 Å². The van der Waals surface area contributed by atoms with Crippen molar-refractivity contribution in [3.63, 3.8) is 0 Å². The van der Waals surface area contributed by atoms with Crippen LogP contribution in [0.3, 0.4) is 0 Å². The molecule has 0 rings (SSSR count). The van der Waals surface area contributed by atoms with E-state index in [0.717, 1.165) is 25.1 Å². The topological polar surface area (TPSA) is 21.3 Å². The predicted molar refractivity (Wildman–Crippen MR) is 66.2 cm³/mol. The summed E-state index contributed by atoms with van der Waals surface area (Å²) in [5, 5.41) is 4.57. The Morgan fingerprint density at radius 3 is 2.64 bits per heavy atom. The van der Waals surface area contributed by atoms with Gasteiger partial charge in [0.25, 0.3) is 0 Å². The van der Waals surface area contributed by atoms with Gasteiger partial charge in [-0.15, -0.1) is 0 Å². The summed E-state index contributed by atoms with van der Waals surface area (Å²) in [4.78, 5) is 0. The van der Waals surface area contributed by atoms with Gasteiger partial charge in [0.05, 0.1) is 6.61 Å². The van der Waals surface area contributed by atoms with Crippen molar-refractivity contribution >= 4 is 15.9 Å². The summed E-state index contributed by atoms with van der Waals surface area (Å²) in [5.74, 6) is 0. The van der Waals surface area contributed by atoms with Crippen molar-refractivity contribution in [3.8, 4) is 0 Å². The Hall–Kier alpha value is 0.400. The number of hydrogen-bond acceptors (Lipinski definition) is 2. The van der Waals surface area contributed by atoms with Crippen LogP contribution in [-0.4, -0.2) is 31.1 Å². The van der Waals surface area contributed by atoms with Crippen molar-refractivity contribution in [1.82, 2.24) is 5.32 Å². The molecule has 0 aromatic carbocycles. The molecule has 0 aliphatic rings. The molecule has 0 bridgehead atoms. The largest absolute Gasteiger partial charge is 0.380 e. The summed E-state index contributed by atoms with van der Waals surface area (Å²) >= 11 is 3.46. The van der Waals surface area contributed by atoms with Crippen LogP contribution in [0, 0.1) is 0 Å². The van der Waals surface area contributed by atoms with Gasteiger partial charge in [-0.25, -0.2) is 0 Å². The highest BCUT2D eigenvalue weighted by atomic mass is 79.9. The van der Waals surface area contributed by atoms with E-state index in [4.69, 9.17) is 4.74 Å². The number of ether oxygens (including phenoxy) is 1. The van der Waals surface area contributed by atoms with Gasteiger partial charge in [-0.2, -0.15) is 0 Å². The lowest BCUT2D eigenvalue weighted by molar-refractivity contribution is 0.130. The molecule has 0 aliphatic carbocycles. The van der Waals surface area contributed by atoms with Gasteiger partial charge in [0.2, 0.25) is 0 Å². The summed E-state index contributed by atoms with van der Waals surface area (Å²) < 4.78 is 5.47. The van der Waals surface area contributed by atoms with Crippen molar-refractivity contribution in [2.45, 2.75) is 45.6 Å². The third kappa shape index (κ3) is 8.97. The molecule has 0 aromatic rings. The zero-order valence-electron chi connectivity index (χ0n) is 9.52. The van der Waals surface area contributed by atoms with Gasteiger partial charge in [-0.3, -0.25) is 0 Å². The molecule has 0 saturated carbocycles. The van der Waals surface area contributed by atoms with Crippen LogP contribution in [0.2, 0.25) is 0 Å². The Morgan fingerprint density at radius 1 is 1.29 bits per heavy atom. The molecule has 3 heteroatoms. The highest BCUT2D eigenvalue weighted by molar-refractivity contribution is 9.09. The molecule has 0 amide bonds. The van der Waals surface area contributed by atoms with Gasteiger partial charge in [0, 0.05) is 24.5 Å². The van der Waals surface area contributed by atoms with Crippen LogP contribution in [0.5, 0.6) is 0 Å². The fourth-order valence-corrected chi connectivity index (χ4v) is 1.82. The first-order valence-corrected chi connectivity index (χ1v) is 6.84. The second kappa shape index (κ2) is 11.5. The minimum atomic E-state index is 0.643. The predicted octanol–water partition coefficient (Wildman–Crippen LogP) is 2.96. The molecule has 0 aromatic heterocycles. The molecule has 1 unspecified atom stereocenters. The van der Waals surface area contributed by atoms with Crippen molar-refractivity contribution < 1.29 is 4.74 Å². The second-order valence-corrected chi connectivity index (χ2v) is 4.30. The fraction of sp³-hybridized carbons (Fsp3) is 1.00. The third-order valence-electron chi connectivity index (χ3n) is 2.27. The number of alkyl halides is 1. The van der Waals surface area contributed by atoms with E-state index in [1.807, 2.05) is 0 Å². The first-order chi connectivity index (χ1) is 6.85. The number of halogens is 1. The minimum Gasteiger partial charge on any atom is -0.380 e. The molecule has 14 heavy (non-hydrogen) atoms. The highest BCUT2D eigenvalue weighted by Crippen LogP contribution is 1.99. The zero-order chi connectivity index (χ0) is 10.6. The van der Waals surface area contributed by atoms with Crippen molar-refractivity contribution in [3.05, 3.63) is 0 Å².